The topological polar surface area (TPSA) is 112 Å². The van der Waals surface area contributed by atoms with Gasteiger partial charge in [0.2, 0.25) is 0 Å². The molecule has 5 rings (SSSR count). The number of anilines is 1. The molecule has 38 heavy (non-hydrogen) atoms. The average Bonchev–Trinajstić information content (AvgIpc) is 3.23. The number of nitrogens with two attached hydrogens (primary N) is 1. The van der Waals surface area contributed by atoms with E-state index in [-0.39, 0.29) is 18.7 Å². The van der Waals surface area contributed by atoms with E-state index in [1.54, 1.807) is 53.0 Å². The lowest BCUT2D eigenvalue weighted by molar-refractivity contribution is -0.136. The number of nitrogens with zero attached hydrogens (tertiary/aromatic N) is 3. The maximum Gasteiger partial charge on any atom is 0.303 e. The van der Waals surface area contributed by atoms with Crippen LogP contribution in [0.3, 0.4) is 0 Å². The van der Waals surface area contributed by atoms with Crippen LogP contribution in [0.2, 0.25) is 5.02 Å². The lowest BCUT2D eigenvalue weighted by Crippen LogP contribution is -2.01. The van der Waals surface area contributed by atoms with Gasteiger partial charge in [0.1, 0.15) is 23.4 Å². The first-order valence-electron chi connectivity index (χ1n) is 11.6. The molecule has 10 heteroatoms. The van der Waals surface area contributed by atoms with Gasteiger partial charge in [0, 0.05) is 22.6 Å². The third-order valence-electron chi connectivity index (χ3n) is 6.04. The molecule has 3 aromatic carbocycles. The van der Waals surface area contributed by atoms with Crippen LogP contribution >= 0.6 is 11.6 Å². The smallest absolute Gasteiger partial charge is 0.303 e. The fourth-order valence-corrected chi connectivity index (χ4v) is 4.60. The van der Waals surface area contributed by atoms with Crippen LogP contribution in [0.25, 0.3) is 27.9 Å². The van der Waals surface area contributed by atoms with E-state index in [1.165, 1.54) is 25.6 Å². The number of carbonyl (C=O) groups is 1. The van der Waals surface area contributed by atoms with Crippen LogP contribution in [0.4, 0.5) is 10.2 Å². The molecule has 0 aliphatic carbocycles. The molecule has 0 spiro atoms. The summed E-state index contributed by atoms with van der Waals surface area (Å²) in [6.07, 6.45) is 1.35. The molecule has 0 unspecified atom stereocenters. The number of hydrogen-bond donors (Lipinski definition) is 2. The SMILES string of the molecule is COc1cc(-c2c(CCC(=O)O)c(-c3ccc(F)cc3)n3ncnc(N)c23)ccc1Oc1cccc(Cl)c1. The number of methoxy groups -OCH3 is 1. The molecule has 3 N–H and O–H groups in total. The zero-order chi connectivity index (χ0) is 26.8. The quantitative estimate of drug-likeness (QED) is 0.243. The van der Waals surface area contributed by atoms with Crippen LogP contribution in [0.1, 0.15) is 12.0 Å². The van der Waals surface area contributed by atoms with Crippen molar-refractivity contribution in [3.63, 3.8) is 0 Å². The molecule has 0 radical (unpaired) electrons. The van der Waals surface area contributed by atoms with Crippen LogP contribution in [0, 0.1) is 5.82 Å². The van der Waals surface area contributed by atoms with Crippen LogP contribution in [0.15, 0.2) is 73.1 Å². The molecular formula is C28H22ClFN4O4. The molecule has 192 valence electrons. The minimum atomic E-state index is -0.960. The predicted molar refractivity (Wildman–Crippen MR) is 142 cm³/mol. The standard InChI is InChI=1S/C28H22ClFN4O4/c1-37-23-13-17(7-11-22(23)38-20-4-2-3-18(29)14-20)25-21(10-12-24(35)36)26(16-5-8-19(30)9-6-16)34-27(25)28(31)32-15-33-34/h2-9,11,13-15H,10,12H2,1H3,(H,35,36)(H2,31,32,33). The number of rotatable bonds is 8. The van der Waals surface area contributed by atoms with Crippen LogP contribution in [-0.4, -0.2) is 32.8 Å². The predicted octanol–water partition coefficient (Wildman–Crippen LogP) is 6.26. The van der Waals surface area contributed by atoms with Gasteiger partial charge < -0.3 is 20.3 Å². The fraction of sp³-hybridized carbons (Fsp3) is 0.107. The van der Waals surface area contributed by atoms with Gasteiger partial charge in [-0.25, -0.2) is 13.9 Å². The van der Waals surface area contributed by atoms with Gasteiger partial charge in [-0.1, -0.05) is 23.7 Å². The Hall–Kier alpha value is -4.63. The number of benzene rings is 3. The molecule has 0 saturated heterocycles. The van der Waals surface area contributed by atoms with E-state index < -0.39 is 11.8 Å². The molecule has 0 aliphatic heterocycles. The first-order valence-corrected chi connectivity index (χ1v) is 12.0. The highest BCUT2D eigenvalue weighted by atomic mass is 35.5. The number of carboxylic acid groups (broad SMARTS) is 1. The zero-order valence-corrected chi connectivity index (χ0v) is 20.9. The fourth-order valence-electron chi connectivity index (χ4n) is 4.42. The van der Waals surface area contributed by atoms with Crippen LogP contribution in [-0.2, 0) is 11.2 Å². The number of aromatic nitrogens is 3. The van der Waals surface area contributed by atoms with Gasteiger partial charge in [-0.05, 0) is 72.1 Å². The number of carboxylic acids is 1. The van der Waals surface area contributed by atoms with E-state index >= 15 is 0 Å². The van der Waals surface area contributed by atoms with Crippen molar-refractivity contribution in [3.05, 3.63) is 89.5 Å². The molecule has 5 aromatic rings. The zero-order valence-electron chi connectivity index (χ0n) is 20.2. The van der Waals surface area contributed by atoms with Crippen molar-refractivity contribution in [2.45, 2.75) is 12.8 Å². The number of nitrogen functional groups attached to an aromatic ring is 1. The summed E-state index contributed by atoms with van der Waals surface area (Å²) in [6, 6.07) is 18.2. The molecular weight excluding hydrogens is 511 g/mol. The van der Waals surface area contributed by atoms with Gasteiger partial charge >= 0.3 is 5.97 Å². The first-order chi connectivity index (χ1) is 18.4. The van der Waals surface area contributed by atoms with Crippen molar-refractivity contribution >= 4 is 28.9 Å². The molecule has 0 aliphatic rings. The molecule has 0 fully saturated rings. The van der Waals surface area contributed by atoms with Gasteiger partial charge in [0.25, 0.3) is 0 Å². The Morgan fingerprint density at radius 2 is 1.84 bits per heavy atom. The Kier molecular flexibility index (Phi) is 6.85. The van der Waals surface area contributed by atoms with Gasteiger partial charge in [-0.3, -0.25) is 4.79 Å². The largest absolute Gasteiger partial charge is 0.493 e. The summed E-state index contributed by atoms with van der Waals surface area (Å²) < 4.78 is 27.0. The second kappa shape index (κ2) is 10.4. The highest BCUT2D eigenvalue weighted by molar-refractivity contribution is 6.30. The summed E-state index contributed by atoms with van der Waals surface area (Å²) in [5, 5.41) is 14.4. The van der Waals surface area contributed by atoms with Gasteiger partial charge in [-0.15, -0.1) is 0 Å². The van der Waals surface area contributed by atoms with E-state index in [9.17, 15) is 14.3 Å². The van der Waals surface area contributed by atoms with Gasteiger partial charge in [0.15, 0.2) is 17.3 Å². The van der Waals surface area contributed by atoms with E-state index in [2.05, 4.69) is 10.1 Å². The summed E-state index contributed by atoms with van der Waals surface area (Å²) >= 11 is 6.09. The summed E-state index contributed by atoms with van der Waals surface area (Å²) in [5.74, 6) is 0.283. The Morgan fingerprint density at radius 1 is 1.08 bits per heavy atom. The minimum absolute atomic E-state index is 0.140. The Morgan fingerprint density at radius 3 is 2.55 bits per heavy atom. The number of fused-ring (bicyclic) bond motifs is 1. The maximum atomic E-state index is 13.7. The van der Waals surface area contributed by atoms with Gasteiger partial charge in [0.05, 0.1) is 12.8 Å². The third kappa shape index (κ3) is 4.83. The van der Waals surface area contributed by atoms with E-state index in [4.69, 9.17) is 26.8 Å². The number of halogens is 2. The monoisotopic (exact) mass is 532 g/mol. The van der Waals surface area contributed by atoms with Crippen molar-refractivity contribution in [2.75, 3.05) is 12.8 Å². The van der Waals surface area contributed by atoms with Crippen LogP contribution < -0.4 is 15.2 Å². The molecule has 0 saturated carbocycles. The summed E-state index contributed by atoms with van der Waals surface area (Å²) in [4.78, 5) is 15.8. The highest BCUT2D eigenvalue weighted by Crippen LogP contribution is 2.43. The third-order valence-corrected chi connectivity index (χ3v) is 6.27. The number of hydrogen-bond acceptors (Lipinski definition) is 6. The van der Waals surface area contributed by atoms with E-state index in [0.717, 1.165) is 0 Å². The van der Waals surface area contributed by atoms with Crippen molar-refractivity contribution in [1.29, 1.82) is 0 Å². The van der Waals surface area contributed by atoms with Crippen molar-refractivity contribution in [1.82, 2.24) is 14.6 Å². The van der Waals surface area contributed by atoms with Gasteiger partial charge in [-0.2, -0.15) is 5.10 Å². The first kappa shape index (κ1) is 25.0. The maximum absolute atomic E-state index is 13.7. The second-order valence-electron chi connectivity index (χ2n) is 8.43. The molecule has 0 amide bonds. The molecule has 2 heterocycles. The lowest BCUT2D eigenvalue weighted by atomic mass is 9.95. The molecule has 0 atom stereocenters. The Bertz CT molecular complexity index is 1650. The highest BCUT2D eigenvalue weighted by Gasteiger charge is 2.25. The summed E-state index contributed by atoms with van der Waals surface area (Å²) in [5.41, 5.74) is 10.1. The molecule has 8 nitrogen and oxygen atoms in total. The average molecular weight is 533 g/mol. The summed E-state index contributed by atoms with van der Waals surface area (Å²) in [7, 11) is 1.52. The number of ether oxygens (including phenoxy) is 2. The lowest BCUT2D eigenvalue weighted by Gasteiger charge is -2.13. The Balaban J connectivity index is 1.72. The van der Waals surface area contributed by atoms with Crippen LogP contribution in [0.5, 0.6) is 17.2 Å². The number of aliphatic carboxylic acids is 1. The van der Waals surface area contributed by atoms with Crippen molar-refractivity contribution in [2.24, 2.45) is 0 Å². The van der Waals surface area contributed by atoms with Crippen molar-refractivity contribution < 1.29 is 23.8 Å². The molecule has 0 bridgehead atoms. The Labute approximate surface area is 222 Å². The summed E-state index contributed by atoms with van der Waals surface area (Å²) in [6.45, 7) is 0. The normalized spacial score (nSPS) is 11.0. The minimum Gasteiger partial charge on any atom is -0.493 e. The van der Waals surface area contributed by atoms with E-state index in [0.29, 0.717) is 55.7 Å². The molecule has 2 aromatic heterocycles. The van der Waals surface area contributed by atoms with E-state index in [1.807, 2.05) is 6.07 Å². The van der Waals surface area contributed by atoms with Crippen molar-refractivity contribution in [3.8, 4) is 39.6 Å². The second-order valence-corrected chi connectivity index (χ2v) is 8.87.